The number of ether oxygens (including phenoxy) is 1. The van der Waals surface area contributed by atoms with Crippen molar-refractivity contribution in [3.05, 3.63) is 18.0 Å². The molecule has 0 aromatic carbocycles. The number of hydrogen-bond donors (Lipinski definition) is 1. The highest BCUT2D eigenvalue weighted by atomic mass is 16.5. The number of carbonyl (C=O) groups is 1. The van der Waals surface area contributed by atoms with Crippen LogP contribution in [0.2, 0.25) is 0 Å². The van der Waals surface area contributed by atoms with E-state index >= 15 is 0 Å². The standard InChI is InChI=1S/C16H28N2O2/c1-3-4-5-6-7-8-9-10-11-20-16(19)15-12-14(17)13-18(15)2/h12-13H,3-11,17H2,1-2H3. The van der Waals surface area contributed by atoms with Crippen molar-refractivity contribution in [2.75, 3.05) is 12.3 Å². The Bertz CT molecular complexity index is 399. The molecule has 0 saturated carbocycles. The van der Waals surface area contributed by atoms with E-state index in [0.29, 0.717) is 18.0 Å². The van der Waals surface area contributed by atoms with Crippen molar-refractivity contribution in [1.29, 1.82) is 0 Å². The molecule has 0 unspecified atom stereocenters. The van der Waals surface area contributed by atoms with Gasteiger partial charge in [-0.2, -0.15) is 0 Å². The first-order valence-electron chi connectivity index (χ1n) is 7.74. The first-order valence-corrected chi connectivity index (χ1v) is 7.74. The second kappa shape index (κ2) is 9.45. The molecule has 0 spiro atoms. The molecule has 114 valence electrons. The molecule has 0 radical (unpaired) electrons. The predicted octanol–water partition coefficient (Wildman–Crippen LogP) is 3.90. The molecule has 0 saturated heterocycles. The third-order valence-electron chi connectivity index (χ3n) is 3.47. The number of carbonyl (C=O) groups excluding carboxylic acids is 1. The van der Waals surface area contributed by atoms with Crippen molar-refractivity contribution >= 4 is 11.7 Å². The molecule has 20 heavy (non-hydrogen) atoms. The summed E-state index contributed by atoms with van der Waals surface area (Å²) in [5.74, 6) is -0.285. The van der Waals surface area contributed by atoms with Crippen LogP contribution in [0.25, 0.3) is 0 Å². The summed E-state index contributed by atoms with van der Waals surface area (Å²) in [6.45, 7) is 2.73. The van der Waals surface area contributed by atoms with Crippen molar-refractivity contribution in [3.63, 3.8) is 0 Å². The highest BCUT2D eigenvalue weighted by Gasteiger charge is 2.11. The minimum absolute atomic E-state index is 0.285. The van der Waals surface area contributed by atoms with Gasteiger partial charge in [0, 0.05) is 13.2 Å². The van der Waals surface area contributed by atoms with Gasteiger partial charge in [0.2, 0.25) is 0 Å². The zero-order valence-corrected chi connectivity index (χ0v) is 12.9. The van der Waals surface area contributed by atoms with Gasteiger partial charge < -0.3 is 15.0 Å². The van der Waals surface area contributed by atoms with Gasteiger partial charge in [-0.3, -0.25) is 0 Å². The molecule has 4 nitrogen and oxygen atoms in total. The summed E-state index contributed by atoms with van der Waals surface area (Å²) in [5, 5.41) is 0. The van der Waals surface area contributed by atoms with Crippen LogP contribution < -0.4 is 5.73 Å². The summed E-state index contributed by atoms with van der Waals surface area (Å²) >= 11 is 0. The van der Waals surface area contributed by atoms with Crippen LogP contribution in [0.15, 0.2) is 12.3 Å². The average molecular weight is 280 g/mol. The van der Waals surface area contributed by atoms with Crippen LogP contribution in [0, 0.1) is 0 Å². The second-order valence-corrected chi connectivity index (χ2v) is 5.38. The van der Waals surface area contributed by atoms with E-state index in [0.717, 1.165) is 12.8 Å². The predicted molar refractivity (Wildman–Crippen MR) is 82.7 cm³/mol. The number of nitrogen functional groups attached to an aromatic ring is 1. The second-order valence-electron chi connectivity index (χ2n) is 5.38. The van der Waals surface area contributed by atoms with Gasteiger partial charge in [-0.25, -0.2) is 4.79 Å². The Hall–Kier alpha value is -1.45. The van der Waals surface area contributed by atoms with E-state index in [1.807, 2.05) is 0 Å². The van der Waals surface area contributed by atoms with E-state index in [9.17, 15) is 4.79 Å². The van der Waals surface area contributed by atoms with Crippen molar-refractivity contribution in [1.82, 2.24) is 4.57 Å². The van der Waals surface area contributed by atoms with Crippen molar-refractivity contribution in [3.8, 4) is 0 Å². The maximum Gasteiger partial charge on any atom is 0.355 e. The van der Waals surface area contributed by atoms with Gasteiger partial charge in [0.15, 0.2) is 0 Å². The number of rotatable bonds is 10. The molecule has 0 aliphatic carbocycles. The lowest BCUT2D eigenvalue weighted by atomic mass is 10.1. The fraction of sp³-hybridized carbons (Fsp3) is 0.688. The lowest BCUT2D eigenvalue weighted by molar-refractivity contribution is 0.0486. The average Bonchev–Trinajstić information content (AvgIpc) is 2.75. The highest BCUT2D eigenvalue weighted by molar-refractivity contribution is 5.89. The van der Waals surface area contributed by atoms with Crippen LogP contribution in [0.5, 0.6) is 0 Å². The molecular weight excluding hydrogens is 252 g/mol. The van der Waals surface area contributed by atoms with Crippen molar-refractivity contribution in [2.45, 2.75) is 58.3 Å². The maximum absolute atomic E-state index is 11.8. The molecule has 1 aromatic heterocycles. The van der Waals surface area contributed by atoms with E-state index < -0.39 is 0 Å². The fourth-order valence-corrected chi connectivity index (χ4v) is 2.27. The Labute approximate surface area is 122 Å². The first-order chi connectivity index (χ1) is 9.65. The number of esters is 1. The number of unbranched alkanes of at least 4 members (excludes halogenated alkanes) is 7. The number of nitrogens with two attached hydrogens (primary N) is 1. The molecule has 1 rings (SSSR count). The Morgan fingerprint density at radius 2 is 1.75 bits per heavy atom. The monoisotopic (exact) mass is 280 g/mol. The molecular formula is C16H28N2O2. The molecule has 0 fully saturated rings. The van der Waals surface area contributed by atoms with E-state index in [2.05, 4.69) is 6.92 Å². The Morgan fingerprint density at radius 3 is 2.30 bits per heavy atom. The summed E-state index contributed by atoms with van der Waals surface area (Å²) in [5.41, 5.74) is 6.74. The molecule has 0 bridgehead atoms. The topological polar surface area (TPSA) is 57.2 Å². The summed E-state index contributed by atoms with van der Waals surface area (Å²) in [6.07, 6.45) is 11.6. The Kier molecular flexibility index (Phi) is 7.85. The molecule has 4 heteroatoms. The first kappa shape index (κ1) is 16.6. The van der Waals surface area contributed by atoms with Crippen LogP contribution >= 0.6 is 0 Å². The lowest BCUT2D eigenvalue weighted by Gasteiger charge is -2.05. The van der Waals surface area contributed by atoms with Crippen LogP contribution in [0.3, 0.4) is 0 Å². The normalized spacial score (nSPS) is 10.7. The van der Waals surface area contributed by atoms with Crippen molar-refractivity contribution < 1.29 is 9.53 Å². The largest absolute Gasteiger partial charge is 0.461 e. The zero-order chi connectivity index (χ0) is 14.8. The lowest BCUT2D eigenvalue weighted by Crippen LogP contribution is -2.10. The maximum atomic E-state index is 11.8. The van der Waals surface area contributed by atoms with Gasteiger partial charge in [-0.15, -0.1) is 0 Å². The summed E-state index contributed by atoms with van der Waals surface area (Å²) < 4.78 is 6.95. The number of hydrogen-bond acceptors (Lipinski definition) is 3. The summed E-state index contributed by atoms with van der Waals surface area (Å²) in [6, 6.07) is 1.65. The summed E-state index contributed by atoms with van der Waals surface area (Å²) in [7, 11) is 1.79. The quantitative estimate of drug-likeness (QED) is 0.522. The van der Waals surface area contributed by atoms with Gasteiger partial charge in [0.1, 0.15) is 5.69 Å². The molecule has 0 atom stereocenters. The molecule has 0 aliphatic heterocycles. The SMILES string of the molecule is CCCCCCCCCCOC(=O)c1cc(N)cn1C. The third kappa shape index (κ3) is 6.13. The van der Waals surface area contributed by atoms with E-state index in [-0.39, 0.29) is 5.97 Å². The third-order valence-corrected chi connectivity index (χ3v) is 3.47. The molecule has 0 aliphatic rings. The van der Waals surface area contributed by atoms with Gasteiger partial charge in [0.25, 0.3) is 0 Å². The van der Waals surface area contributed by atoms with Crippen molar-refractivity contribution in [2.24, 2.45) is 7.05 Å². The number of aromatic nitrogens is 1. The summed E-state index contributed by atoms with van der Waals surface area (Å²) in [4.78, 5) is 11.8. The van der Waals surface area contributed by atoms with Crippen LogP contribution in [-0.4, -0.2) is 17.1 Å². The van der Waals surface area contributed by atoms with Gasteiger partial charge in [-0.1, -0.05) is 51.9 Å². The van der Waals surface area contributed by atoms with Gasteiger partial charge in [0.05, 0.1) is 12.3 Å². The van der Waals surface area contributed by atoms with E-state index in [1.54, 1.807) is 23.9 Å². The number of anilines is 1. The van der Waals surface area contributed by atoms with E-state index in [4.69, 9.17) is 10.5 Å². The van der Waals surface area contributed by atoms with Crippen LogP contribution in [-0.2, 0) is 11.8 Å². The Balaban J connectivity index is 2.04. The smallest absolute Gasteiger partial charge is 0.355 e. The van der Waals surface area contributed by atoms with Gasteiger partial charge >= 0.3 is 5.97 Å². The number of aryl methyl sites for hydroxylation is 1. The molecule has 0 amide bonds. The Morgan fingerprint density at radius 1 is 1.15 bits per heavy atom. The van der Waals surface area contributed by atoms with Crippen LogP contribution in [0.1, 0.15) is 68.8 Å². The molecule has 2 N–H and O–H groups in total. The number of nitrogens with zero attached hydrogens (tertiary/aromatic N) is 1. The molecule has 1 heterocycles. The fourth-order valence-electron chi connectivity index (χ4n) is 2.27. The van der Waals surface area contributed by atoms with Gasteiger partial charge in [-0.05, 0) is 12.5 Å². The molecule has 1 aromatic rings. The zero-order valence-electron chi connectivity index (χ0n) is 12.9. The van der Waals surface area contributed by atoms with E-state index in [1.165, 1.54) is 38.5 Å². The van der Waals surface area contributed by atoms with Crippen LogP contribution in [0.4, 0.5) is 5.69 Å². The minimum Gasteiger partial charge on any atom is -0.461 e. The minimum atomic E-state index is -0.285. The highest BCUT2D eigenvalue weighted by Crippen LogP contribution is 2.11.